The number of ketones is 1. The molecule has 92 valence electrons. The second-order valence-electron chi connectivity index (χ2n) is 4.52. The lowest BCUT2D eigenvalue weighted by molar-refractivity contribution is 0.0936. The molecular formula is C15H14O2S. The van der Waals surface area contributed by atoms with E-state index in [1.807, 2.05) is 42.6 Å². The maximum absolute atomic E-state index is 12.6. The number of fused-ring (bicyclic) bond motifs is 1. The number of hydrogen-bond donors (Lipinski definition) is 0. The molecule has 1 aromatic heterocycles. The molecule has 0 radical (unpaired) electrons. The van der Waals surface area contributed by atoms with Crippen LogP contribution in [0.4, 0.5) is 0 Å². The molecule has 3 heteroatoms. The first-order valence-corrected chi connectivity index (χ1v) is 6.95. The van der Waals surface area contributed by atoms with Gasteiger partial charge in [-0.3, -0.25) is 4.79 Å². The van der Waals surface area contributed by atoms with E-state index in [4.69, 9.17) is 4.74 Å². The molecule has 1 aliphatic heterocycles. The number of ether oxygens (including phenoxy) is 1. The Balaban J connectivity index is 2.00. The van der Waals surface area contributed by atoms with E-state index in [-0.39, 0.29) is 11.7 Å². The Morgan fingerprint density at radius 1 is 1.33 bits per heavy atom. The summed E-state index contributed by atoms with van der Waals surface area (Å²) >= 11 is 1.54. The lowest BCUT2D eigenvalue weighted by Gasteiger charge is -2.24. The highest BCUT2D eigenvalue weighted by Gasteiger charge is 2.29. The first-order valence-electron chi connectivity index (χ1n) is 6.07. The Morgan fingerprint density at radius 3 is 2.94 bits per heavy atom. The second kappa shape index (κ2) is 4.58. The Kier molecular flexibility index (Phi) is 2.92. The predicted octanol–water partition coefficient (Wildman–Crippen LogP) is 3.81. The van der Waals surface area contributed by atoms with E-state index >= 15 is 0 Å². The van der Waals surface area contributed by atoms with Crippen LogP contribution in [-0.4, -0.2) is 12.4 Å². The number of hydrogen-bond acceptors (Lipinski definition) is 3. The maximum atomic E-state index is 12.6. The molecule has 2 heterocycles. The van der Waals surface area contributed by atoms with Gasteiger partial charge in [0.1, 0.15) is 5.75 Å². The highest BCUT2D eigenvalue weighted by Crippen LogP contribution is 2.36. The van der Waals surface area contributed by atoms with E-state index in [0.717, 1.165) is 28.2 Å². The third-order valence-corrected chi connectivity index (χ3v) is 4.39. The molecule has 1 aromatic carbocycles. The Bertz CT molecular complexity index is 586. The molecule has 1 unspecified atom stereocenters. The van der Waals surface area contributed by atoms with Crippen LogP contribution in [0.15, 0.2) is 35.7 Å². The molecule has 0 aliphatic carbocycles. The van der Waals surface area contributed by atoms with E-state index in [0.29, 0.717) is 6.61 Å². The number of thiophene rings is 1. The molecule has 1 aliphatic rings. The molecule has 0 N–H and O–H groups in total. The molecule has 2 aromatic rings. The maximum Gasteiger partial charge on any atom is 0.180 e. The summed E-state index contributed by atoms with van der Waals surface area (Å²) in [7, 11) is 0. The summed E-state index contributed by atoms with van der Waals surface area (Å²) in [4.78, 5) is 13.5. The van der Waals surface area contributed by atoms with Crippen LogP contribution in [0.1, 0.15) is 33.1 Å². The van der Waals surface area contributed by atoms with Crippen molar-refractivity contribution in [1.29, 1.82) is 0 Å². The van der Waals surface area contributed by atoms with Gasteiger partial charge in [0.2, 0.25) is 0 Å². The fourth-order valence-electron chi connectivity index (χ4n) is 2.40. The van der Waals surface area contributed by atoms with Crippen LogP contribution in [0, 0.1) is 6.92 Å². The van der Waals surface area contributed by atoms with Crippen molar-refractivity contribution in [1.82, 2.24) is 0 Å². The van der Waals surface area contributed by atoms with Crippen LogP contribution in [-0.2, 0) is 0 Å². The lowest BCUT2D eigenvalue weighted by Crippen LogP contribution is -2.21. The topological polar surface area (TPSA) is 26.3 Å². The van der Waals surface area contributed by atoms with Gasteiger partial charge in [-0.15, -0.1) is 11.3 Å². The standard InChI is InChI=1S/C15H14O2S/c1-10-7-9-18-15(10)14(16)12-6-8-17-13-5-3-2-4-11(12)13/h2-5,7,9,12H,6,8H2,1H3. The molecule has 0 saturated heterocycles. The molecule has 0 saturated carbocycles. The zero-order valence-electron chi connectivity index (χ0n) is 10.2. The van der Waals surface area contributed by atoms with Gasteiger partial charge in [0.15, 0.2) is 5.78 Å². The summed E-state index contributed by atoms with van der Waals surface area (Å²) in [6.45, 7) is 2.62. The van der Waals surface area contributed by atoms with Crippen LogP contribution in [0.3, 0.4) is 0 Å². The van der Waals surface area contributed by atoms with E-state index in [1.54, 1.807) is 0 Å². The summed E-state index contributed by atoms with van der Waals surface area (Å²) < 4.78 is 5.60. The largest absolute Gasteiger partial charge is 0.493 e. The van der Waals surface area contributed by atoms with Gasteiger partial charge in [-0.1, -0.05) is 18.2 Å². The monoisotopic (exact) mass is 258 g/mol. The van der Waals surface area contributed by atoms with E-state index in [2.05, 4.69) is 0 Å². The summed E-state index contributed by atoms with van der Waals surface area (Å²) in [5.74, 6) is 1.04. The molecule has 0 spiro atoms. The number of para-hydroxylation sites is 1. The zero-order chi connectivity index (χ0) is 12.5. The zero-order valence-corrected chi connectivity index (χ0v) is 11.0. The minimum Gasteiger partial charge on any atom is -0.493 e. The number of aryl methyl sites for hydroxylation is 1. The SMILES string of the molecule is Cc1ccsc1C(=O)C1CCOc2ccccc21. The summed E-state index contributed by atoms with van der Waals surface area (Å²) in [6, 6.07) is 9.86. The van der Waals surface area contributed by atoms with Crippen molar-refractivity contribution < 1.29 is 9.53 Å². The Hall–Kier alpha value is -1.61. The highest BCUT2D eigenvalue weighted by molar-refractivity contribution is 7.12. The molecule has 3 rings (SSSR count). The normalized spacial score (nSPS) is 17.9. The van der Waals surface area contributed by atoms with Gasteiger partial charge >= 0.3 is 0 Å². The molecule has 0 amide bonds. The van der Waals surface area contributed by atoms with Crippen molar-refractivity contribution in [2.75, 3.05) is 6.61 Å². The van der Waals surface area contributed by atoms with E-state index in [9.17, 15) is 4.79 Å². The first-order chi connectivity index (χ1) is 8.77. The van der Waals surface area contributed by atoms with Gasteiger partial charge in [0, 0.05) is 5.56 Å². The number of rotatable bonds is 2. The first kappa shape index (κ1) is 11.5. The fourth-order valence-corrected chi connectivity index (χ4v) is 3.32. The molecular weight excluding hydrogens is 244 g/mol. The van der Waals surface area contributed by atoms with Gasteiger partial charge in [0.05, 0.1) is 17.4 Å². The van der Waals surface area contributed by atoms with E-state index < -0.39 is 0 Å². The van der Waals surface area contributed by atoms with Crippen molar-refractivity contribution in [2.45, 2.75) is 19.3 Å². The van der Waals surface area contributed by atoms with Crippen molar-refractivity contribution in [3.63, 3.8) is 0 Å². The van der Waals surface area contributed by atoms with Crippen LogP contribution in [0.5, 0.6) is 5.75 Å². The number of Topliss-reactive ketones (excluding diaryl/α,β-unsaturated/α-hetero) is 1. The van der Waals surface area contributed by atoms with Crippen molar-refractivity contribution >= 4 is 17.1 Å². The molecule has 0 bridgehead atoms. The molecule has 2 nitrogen and oxygen atoms in total. The van der Waals surface area contributed by atoms with Crippen LogP contribution >= 0.6 is 11.3 Å². The molecule has 18 heavy (non-hydrogen) atoms. The Morgan fingerprint density at radius 2 is 2.17 bits per heavy atom. The second-order valence-corrected chi connectivity index (χ2v) is 5.44. The van der Waals surface area contributed by atoms with Crippen molar-refractivity contribution in [2.24, 2.45) is 0 Å². The average molecular weight is 258 g/mol. The van der Waals surface area contributed by atoms with Crippen molar-refractivity contribution in [3.8, 4) is 5.75 Å². The fraction of sp³-hybridized carbons (Fsp3) is 0.267. The number of benzene rings is 1. The summed E-state index contributed by atoms with van der Waals surface area (Å²) in [5.41, 5.74) is 2.11. The van der Waals surface area contributed by atoms with Gasteiger partial charge < -0.3 is 4.74 Å². The smallest absolute Gasteiger partial charge is 0.180 e. The molecule has 0 fully saturated rings. The summed E-state index contributed by atoms with van der Waals surface area (Å²) in [6.07, 6.45) is 0.771. The third kappa shape index (κ3) is 1.85. The van der Waals surface area contributed by atoms with Crippen molar-refractivity contribution in [3.05, 3.63) is 51.7 Å². The van der Waals surface area contributed by atoms with Gasteiger partial charge in [0.25, 0.3) is 0 Å². The predicted molar refractivity (Wildman–Crippen MR) is 72.7 cm³/mol. The third-order valence-electron chi connectivity index (χ3n) is 3.36. The highest BCUT2D eigenvalue weighted by atomic mass is 32.1. The van der Waals surface area contributed by atoms with E-state index in [1.165, 1.54) is 11.3 Å². The minimum absolute atomic E-state index is 0.0488. The summed E-state index contributed by atoms with van der Waals surface area (Å²) in [5, 5.41) is 1.98. The number of carbonyl (C=O) groups is 1. The van der Waals surface area contributed by atoms with Gasteiger partial charge in [-0.05, 0) is 36.4 Å². The lowest BCUT2D eigenvalue weighted by atomic mass is 9.88. The Labute approximate surface area is 110 Å². The van der Waals surface area contributed by atoms with Crippen LogP contribution in [0.25, 0.3) is 0 Å². The quantitative estimate of drug-likeness (QED) is 0.766. The number of carbonyl (C=O) groups excluding carboxylic acids is 1. The average Bonchev–Trinajstić information content (AvgIpc) is 2.83. The van der Waals surface area contributed by atoms with Gasteiger partial charge in [-0.2, -0.15) is 0 Å². The van der Waals surface area contributed by atoms with Gasteiger partial charge in [-0.25, -0.2) is 0 Å². The molecule has 1 atom stereocenters. The van der Waals surface area contributed by atoms with Crippen LogP contribution in [0.2, 0.25) is 0 Å². The minimum atomic E-state index is -0.0488. The van der Waals surface area contributed by atoms with Crippen LogP contribution < -0.4 is 4.74 Å².